The third-order valence-corrected chi connectivity index (χ3v) is 2.08. The van der Waals surface area contributed by atoms with Crippen molar-refractivity contribution in [2.24, 2.45) is 10.8 Å². The summed E-state index contributed by atoms with van der Waals surface area (Å²) < 4.78 is 1.03. The van der Waals surface area contributed by atoms with Crippen LogP contribution >= 0.6 is 28.1 Å². The van der Waals surface area contributed by atoms with E-state index < -0.39 is 0 Å². The SMILES string of the molecule is NNC(=S)/N=C/c1ccc(Br)cc1. The quantitative estimate of drug-likeness (QED) is 0.348. The summed E-state index contributed by atoms with van der Waals surface area (Å²) in [6.07, 6.45) is 1.65. The summed E-state index contributed by atoms with van der Waals surface area (Å²) in [6.45, 7) is 0. The fourth-order valence-electron chi connectivity index (χ4n) is 0.719. The Morgan fingerprint density at radius 3 is 2.62 bits per heavy atom. The number of hydrazine groups is 1. The number of aliphatic imine (C=N–C) groups is 1. The van der Waals surface area contributed by atoms with E-state index in [4.69, 9.17) is 18.1 Å². The van der Waals surface area contributed by atoms with Gasteiger partial charge in [-0.1, -0.05) is 28.1 Å². The van der Waals surface area contributed by atoms with E-state index in [-0.39, 0.29) is 5.11 Å². The molecule has 0 bridgehead atoms. The number of hydrogen-bond donors (Lipinski definition) is 2. The topological polar surface area (TPSA) is 50.4 Å². The van der Waals surface area contributed by atoms with Crippen molar-refractivity contribution in [2.45, 2.75) is 0 Å². The van der Waals surface area contributed by atoms with Crippen molar-refractivity contribution >= 4 is 39.5 Å². The largest absolute Gasteiger partial charge is 0.299 e. The summed E-state index contributed by atoms with van der Waals surface area (Å²) >= 11 is 8.07. The molecule has 0 unspecified atom stereocenters. The first kappa shape index (κ1) is 10.3. The van der Waals surface area contributed by atoms with Crippen LogP contribution in [0.2, 0.25) is 0 Å². The molecule has 0 fully saturated rings. The molecule has 0 saturated carbocycles. The summed E-state index contributed by atoms with van der Waals surface area (Å²) in [4.78, 5) is 3.90. The van der Waals surface area contributed by atoms with Crippen LogP contribution in [0.5, 0.6) is 0 Å². The summed E-state index contributed by atoms with van der Waals surface area (Å²) in [7, 11) is 0. The van der Waals surface area contributed by atoms with E-state index in [2.05, 4.69) is 26.3 Å². The molecule has 13 heavy (non-hydrogen) atoms. The fourth-order valence-corrected chi connectivity index (χ4v) is 1.04. The summed E-state index contributed by atoms with van der Waals surface area (Å²) in [5.74, 6) is 5.05. The zero-order chi connectivity index (χ0) is 9.68. The molecular formula is C8H8BrN3S. The first-order valence-corrected chi connectivity index (χ1v) is 4.72. The molecule has 5 heteroatoms. The molecule has 68 valence electrons. The van der Waals surface area contributed by atoms with Crippen molar-refractivity contribution in [1.29, 1.82) is 0 Å². The van der Waals surface area contributed by atoms with Crippen LogP contribution in [0.15, 0.2) is 33.7 Å². The van der Waals surface area contributed by atoms with E-state index in [1.807, 2.05) is 24.3 Å². The van der Waals surface area contributed by atoms with Crippen LogP contribution in [0.25, 0.3) is 0 Å². The maximum Gasteiger partial charge on any atom is 0.207 e. The molecule has 0 aliphatic carbocycles. The molecule has 3 nitrogen and oxygen atoms in total. The van der Waals surface area contributed by atoms with Crippen molar-refractivity contribution in [3.05, 3.63) is 34.3 Å². The van der Waals surface area contributed by atoms with Gasteiger partial charge in [-0.15, -0.1) is 0 Å². The Balaban J connectivity index is 2.69. The van der Waals surface area contributed by atoms with Gasteiger partial charge in [-0.2, -0.15) is 0 Å². The summed E-state index contributed by atoms with van der Waals surface area (Å²) in [5, 5.41) is 0.267. The normalized spacial score (nSPS) is 10.3. The maximum atomic E-state index is 5.05. The second kappa shape index (κ2) is 5.06. The minimum Gasteiger partial charge on any atom is -0.299 e. The molecule has 1 aromatic carbocycles. The van der Waals surface area contributed by atoms with Gasteiger partial charge in [0.15, 0.2) is 0 Å². The monoisotopic (exact) mass is 257 g/mol. The Morgan fingerprint density at radius 1 is 1.46 bits per heavy atom. The van der Waals surface area contributed by atoms with Gasteiger partial charge in [0.1, 0.15) is 0 Å². The van der Waals surface area contributed by atoms with Crippen molar-refractivity contribution < 1.29 is 0 Å². The molecule has 0 saturated heterocycles. The zero-order valence-electron chi connectivity index (χ0n) is 6.70. The van der Waals surface area contributed by atoms with E-state index in [1.54, 1.807) is 6.21 Å². The van der Waals surface area contributed by atoms with Gasteiger partial charge in [0.05, 0.1) is 0 Å². The Labute approximate surface area is 90.1 Å². The van der Waals surface area contributed by atoms with E-state index in [0.29, 0.717) is 0 Å². The molecule has 1 rings (SSSR count). The lowest BCUT2D eigenvalue weighted by Crippen LogP contribution is -2.26. The lowest BCUT2D eigenvalue weighted by Gasteiger charge is -1.94. The predicted molar refractivity (Wildman–Crippen MR) is 61.7 cm³/mol. The van der Waals surface area contributed by atoms with Crippen LogP contribution in [-0.2, 0) is 0 Å². The van der Waals surface area contributed by atoms with Gasteiger partial charge >= 0.3 is 0 Å². The van der Waals surface area contributed by atoms with Gasteiger partial charge in [-0.3, -0.25) is 5.43 Å². The van der Waals surface area contributed by atoms with Crippen LogP contribution in [0.3, 0.4) is 0 Å². The number of nitrogens with two attached hydrogens (primary N) is 1. The van der Waals surface area contributed by atoms with Crippen molar-refractivity contribution in [3.63, 3.8) is 0 Å². The fraction of sp³-hybridized carbons (Fsp3) is 0. The smallest absolute Gasteiger partial charge is 0.207 e. The average molecular weight is 258 g/mol. The molecule has 3 N–H and O–H groups in total. The minimum absolute atomic E-state index is 0.267. The standard InChI is InChI=1S/C8H8BrN3S/c9-7-3-1-6(2-4-7)5-11-8(13)12-10/h1-5H,10H2,(H,12,13)/b11-5+. The van der Waals surface area contributed by atoms with Crippen LogP contribution < -0.4 is 11.3 Å². The lowest BCUT2D eigenvalue weighted by atomic mass is 10.2. The highest BCUT2D eigenvalue weighted by molar-refractivity contribution is 9.10. The number of nitrogens with zero attached hydrogens (tertiary/aromatic N) is 1. The number of halogens is 1. The highest BCUT2D eigenvalue weighted by Gasteiger charge is 1.89. The number of thiocarbonyl (C=S) groups is 1. The van der Waals surface area contributed by atoms with E-state index >= 15 is 0 Å². The third-order valence-electron chi connectivity index (χ3n) is 1.32. The molecule has 0 atom stereocenters. The first-order chi connectivity index (χ1) is 6.22. The van der Waals surface area contributed by atoms with E-state index in [0.717, 1.165) is 10.0 Å². The molecular weight excluding hydrogens is 250 g/mol. The number of hydrogen-bond acceptors (Lipinski definition) is 2. The third kappa shape index (κ3) is 3.63. The highest BCUT2D eigenvalue weighted by atomic mass is 79.9. The molecule has 1 aromatic rings. The van der Waals surface area contributed by atoms with Gasteiger partial charge in [-0.25, -0.2) is 10.8 Å². The molecule has 0 aromatic heterocycles. The van der Waals surface area contributed by atoms with Crippen LogP contribution in [-0.4, -0.2) is 11.3 Å². The van der Waals surface area contributed by atoms with E-state index in [9.17, 15) is 0 Å². The average Bonchev–Trinajstić information content (AvgIpc) is 2.16. The van der Waals surface area contributed by atoms with Gasteiger partial charge in [0.2, 0.25) is 5.11 Å². The predicted octanol–water partition coefficient (Wildman–Crippen LogP) is 1.62. The molecule has 0 radical (unpaired) electrons. The minimum atomic E-state index is 0.267. The Hall–Kier alpha value is -0.780. The second-order valence-electron chi connectivity index (χ2n) is 2.26. The van der Waals surface area contributed by atoms with Crippen molar-refractivity contribution in [3.8, 4) is 0 Å². The highest BCUT2D eigenvalue weighted by Crippen LogP contribution is 2.08. The molecule has 0 aliphatic heterocycles. The van der Waals surface area contributed by atoms with Crippen LogP contribution in [0.4, 0.5) is 0 Å². The van der Waals surface area contributed by atoms with Gasteiger partial charge in [0.25, 0.3) is 0 Å². The number of nitrogens with one attached hydrogen (secondary N) is 1. The Kier molecular flexibility index (Phi) is 4.01. The van der Waals surface area contributed by atoms with Crippen LogP contribution in [0, 0.1) is 0 Å². The van der Waals surface area contributed by atoms with E-state index in [1.165, 1.54) is 0 Å². The van der Waals surface area contributed by atoms with Gasteiger partial charge in [0, 0.05) is 10.7 Å². The molecule has 0 spiro atoms. The maximum absolute atomic E-state index is 5.05. The second-order valence-corrected chi connectivity index (χ2v) is 3.56. The van der Waals surface area contributed by atoms with Gasteiger partial charge < -0.3 is 0 Å². The van der Waals surface area contributed by atoms with Crippen LogP contribution in [0.1, 0.15) is 5.56 Å². The molecule has 0 aliphatic rings. The zero-order valence-corrected chi connectivity index (χ0v) is 9.10. The van der Waals surface area contributed by atoms with Crippen molar-refractivity contribution in [1.82, 2.24) is 5.43 Å². The van der Waals surface area contributed by atoms with Gasteiger partial charge in [-0.05, 0) is 29.9 Å². The summed E-state index contributed by atoms with van der Waals surface area (Å²) in [5.41, 5.74) is 3.24. The Morgan fingerprint density at radius 2 is 2.08 bits per heavy atom. The molecule has 0 amide bonds. The molecule has 0 heterocycles. The Bertz CT molecular complexity index is 321. The number of benzene rings is 1. The van der Waals surface area contributed by atoms with Crippen molar-refractivity contribution in [2.75, 3.05) is 0 Å². The lowest BCUT2D eigenvalue weighted by molar-refractivity contribution is 1.04. The first-order valence-electron chi connectivity index (χ1n) is 3.52. The summed E-state index contributed by atoms with van der Waals surface area (Å²) in [6, 6.07) is 7.71. The number of rotatable bonds is 1.